The average Bonchev–Trinajstić information content (AvgIpc) is 2.90. The standard InChI is InChI=1S/C14H16N2O2S/c1-10-12(4-3-5-14(10)16(17)18)8-15-11(2)13-6-7-19-9-13/h3-7,9,11,15H,8H2,1-2H3. The topological polar surface area (TPSA) is 55.2 Å². The molecule has 0 amide bonds. The molecule has 1 aromatic heterocycles. The highest BCUT2D eigenvalue weighted by Gasteiger charge is 2.13. The molecule has 5 heteroatoms. The predicted octanol–water partition coefficient (Wildman–Crippen LogP) is 3.82. The molecule has 0 aliphatic rings. The molecule has 0 bridgehead atoms. The summed E-state index contributed by atoms with van der Waals surface area (Å²) in [6, 6.07) is 7.53. The van der Waals surface area contributed by atoms with E-state index in [2.05, 4.69) is 23.7 Å². The van der Waals surface area contributed by atoms with E-state index in [1.54, 1.807) is 30.4 Å². The highest BCUT2D eigenvalue weighted by molar-refractivity contribution is 7.07. The molecular formula is C14H16N2O2S. The van der Waals surface area contributed by atoms with Gasteiger partial charge in [-0.3, -0.25) is 10.1 Å². The van der Waals surface area contributed by atoms with Crippen LogP contribution >= 0.6 is 11.3 Å². The average molecular weight is 276 g/mol. The Kier molecular flexibility index (Phi) is 4.29. The Labute approximate surface area is 116 Å². The first-order valence-corrected chi connectivity index (χ1v) is 7.02. The zero-order chi connectivity index (χ0) is 13.8. The van der Waals surface area contributed by atoms with Crippen LogP contribution in [-0.4, -0.2) is 4.92 Å². The summed E-state index contributed by atoms with van der Waals surface area (Å²) in [7, 11) is 0. The number of nitrogens with one attached hydrogen (secondary N) is 1. The van der Waals surface area contributed by atoms with Gasteiger partial charge in [0.05, 0.1) is 4.92 Å². The van der Waals surface area contributed by atoms with Crippen LogP contribution in [0, 0.1) is 17.0 Å². The summed E-state index contributed by atoms with van der Waals surface area (Å²) in [6.07, 6.45) is 0. The third-order valence-electron chi connectivity index (χ3n) is 3.26. The molecule has 4 nitrogen and oxygen atoms in total. The SMILES string of the molecule is Cc1c(CNC(C)c2ccsc2)cccc1[N+](=O)[O-]. The quantitative estimate of drug-likeness (QED) is 0.667. The van der Waals surface area contributed by atoms with Gasteiger partial charge >= 0.3 is 0 Å². The van der Waals surface area contributed by atoms with Crippen molar-refractivity contribution >= 4 is 17.0 Å². The van der Waals surface area contributed by atoms with E-state index in [9.17, 15) is 10.1 Å². The van der Waals surface area contributed by atoms with Crippen molar-refractivity contribution < 1.29 is 4.92 Å². The zero-order valence-corrected chi connectivity index (χ0v) is 11.7. The van der Waals surface area contributed by atoms with Gasteiger partial charge in [-0.1, -0.05) is 12.1 Å². The number of benzene rings is 1. The van der Waals surface area contributed by atoms with Crippen molar-refractivity contribution in [1.29, 1.82) is 0 Å². The lowest BCUT2D eigenvalue weighted by Crippen LogP contribution is -2.18. The number of nitro benzene ring substituents is 1. The molecule has 19 heavy (non-hydrogen) atoms. The normalized spacial score (nSPS) is 12.3. The molecule has 2 rings (SSSR count). The van der Waals surface area contributed by atoms with Crippen molar-refractivity contribution in [2.24, 2.45) is 0 Å². The van der Waals surface area contributed by atoms with Gasteiger partial charge in [0, 0.05) is 24.2 Å². The largest absolute Gasteiger partial charge is 0.306 e. The Morgan fingerprint density at radius 1 is 1.42 bits per heavy atom. The van der Waals surface area contributed by atoms with Gasteiger partial charge in [-0.05, 0) is 41.8 Å². The summed E-state index contributed by atoms with van der Waals surface area (Å²) in [5.41, 5.74) is 3.13. The Morgan fingerprint density at radius 3 is 2.84 bits per heavy atom. The van der Waals surface area contributed by atoms with Crippen molar-refractivity contribution in [3.63, 3.8) is 0 Å². The lowest BCUT2D eigenvalue weighted by atomic mass is 10.1. The van der Waals surface area contributed by atoms with Crippen LogP contribution in [0.1, 0.15) is 29.7 Å². The van der Waals surface area contributed by atoms with E-state index in [0.717, 1.165) is 11.1 Å². The molecule has 1 unspecified atom stereocenters. The molecule has 100 valence electrons. The molecule has 0 saturated heterocycles. The van der Waals surface area contributed by atoms with E-state index in [4.69, 9.17) is 0 Å². The fourth-order valence-corrected chi connectivity index (χ4v) is 2.72. The molecule has 0 spiro atoms. The maximum absolute atomic E-state index is 10.9. The van der Waals surface area contributed by atoms with E-state index in [0.29, 0.717) is 6.54 Å². The molecule has 0 aliphatic carbocycles. The van der Waals surface area contributed by atoms with Gasteiger partial charge in [0.15, 0.2) is 0 Å². The first kappa shape index (κ1) is 13.7. The number of nitro groups is 1. The monoisotopic (exact) mass is 276 g/mol. The third kappa shape index (κ3) is 3.19. The third-order valence-corrected chi connectivity index (χ3v) is 3.96. The molecule has 2 aromatic rings. The number of nitrogens with zero attached hydrogens (tertiary/aromatic N) is 1. The second-order valence-corrected chi connectivity index (χ2v) is 5.26. The minimum Gasteiger partial charge on any atom is -0.306 e. The minimum atomic E-state index is -0.332. The first-order chi connectivity index (χ1) is 9.09. The first-order valence-electron chi connectivity index (χ1n) is 6.08. The van der Waals surface area contributed by atoms with E-state index in [1.165, 1.54) is 5.56 Å². The molecular weight excluding hydrogens is 260 g/mol. The van der Waals surface area contributed by atoms with Crippen LogP contribution in [0.4, 0.5) is 5.69 Å². The summed E-state index contributed by atoms with van der Waals surface area (Å²) >= 11 is 1.67. The van der Waals surface area contributed by atoms with Crippen LogP contribution in [0.3, 0.4) is 0 Å². The van der Waals surface area contributed by atoms with Gasteiger partial charge in [-0.15, -0.1) is 0 Å². The molecule has 0 radical (unpaired) electrons. The lowest BCUT2D eigenvalue weighted by molar-refractivity contribution is -0.385. The number of hydrogen-bond donors (Lipinski definition) is 1. The smallest absolute Gasteiger partial charge is 0.272 e. The molecule has 1 atom stereocenters. The fraction of sp³-hybridized carbons (Fsp3) is 0.286. The summed E-state index contributed by atoms with van der Waals surface area (Å²) < 4.78 is 0. The van der Waals surface area contributed by atoms with Crippen molar-refractivity contribution in [1.82, 2.24) is 5.32 Å². The van der Waals surface area contributed by atoms with Gasteiger partial charge in [0.25, 0.3) is 5.69 Å². The lowest BCUT2D eigenvalue weighted by Gasteiger charge is -2.13. The van der Waals surface area contributed by atoms with E-state index < -0.39 is 0 Å². The maximum Gasteiger partial charge on any atom is 0.272 e. The molecule has 1 heterocycles. The number of rotatable bonds is 5. The van der Waals surface area contributed by atoms with Gasteiger partial charge < -0.3 is 5.32 Å². The van der Waals surface area contributed by atoms with Crippen LogP contribution < -0.4 is 5.32 Å². The van der Waals surface area contributed by atoms with E-state index in [-0.39, 0.29) is 16.7 Å². The molecule has 1 aromatic carbocycles. The van der Waals surface area contributed by atoms with Gasteiger partial charge in [-0.25, -0.2) is 0 Å². The molecule has 0 fully saturated rings. The van der Waals surface area contributed by atoms with Crippen LogP contribution in [0.5, 0.6) is 0 Å². The summed E-state index contributed by atoms with van der Waals surface area (Å²) in [4.78, 5) is 10.6. The summed E-state index contributed by atoms with van der Waals surface area (Å²) in [5, 5.41) is 18.4. The maximum atomic E-state index is 10.9. The van der Waals surface area contributed by atoms with Crippen molar-refractivity contribution in [3.05, 3.63) is 61.8 Å². The number of thiophene rings is 1. The Hall–Kier alpha value is -1.72. The van der Waals surface area contributed by atoms with Gasteiger partial charge in [-0.2, -0.15) is 11.3 Å². The fourth-order valence-electron chi connectivity index (χ4n) is 1.96. The Morgan fingerprint density at radius 2 is 2.21 bits per heavy atom. The summed E-state index contributed by atoms with van der Waals surface area (Å²) in [6.45, 7) is 4.52. The van der Waals surface area contributed by atoms with Crippen LogP contribution in [0.15, 0.2) is 35.0 Å². The molecule has 1 N–H and O–H groups in total. The predicted molar refractivity (Wildman–Crippen MR) is 77.4 cm³/mol. The Balaban J connectivity index is 2.08. The molecule has 0 saturated carbocycles. The molecule has 0 aliphatic heterocycles. The second-order valence-electron chi connectivity index (χ2n) is 4.48. The summed E-state index contributed by atoms with van der Waals surface area (Å²) in [5.74, 6) is 0. The zero-order valence-electron chi connectivity index (χ0n) is 10.9. The van der Waals surface area contributed by atoms with Crippen molar-refractivity contribution in [2.45, 2.75) is 26.4 Å². The van der Waals surface area contributed by atoms with Gasteiger partial charge in [0.1, 0.15) is 0 Å². The van der Waals surface area contributed by atoms with Crippen molar-refractivity contribution in [3.8, 4) is 0 Å². The van der Waals surface area contributed by atoms with E-state index >= 15 is 0 Å². The van der Waals surface area contributed by atoms with E-state index in [1.807, 2.05) is 11.4 Å². The second kappa shape index (κ2) is 5.95. The number of hydrogen-bond acceptors (Lipinski definition) is 4. The van der Waals surface area contributed by atoms with Gasteiger partial charge in [0.2, 0.25) is 0 Å². The van der Waals surface area contributed by atoms with Crippen molar-refractivity contribution in [2.75, 3.05) is 0 Å². The van der Waals surface area contributed by atoms with Crippen LogP contribution in [0.2, 0.25) is 0 Å². The minimum absolute atomic E-state index is 0.183. The van der Waals surface area contributed by atoms with Crippen LogP contribution in [0.25, 0.3) is 0 Å². The highest BCUT2D eigenvalue weighted by atomic mass is 32.1. The highest BCUT2D eigenvalue weighted by Crippen LogP contribution is 2.22. The van der Waals surface area contributed by atoms with Crippen LogP contribution in [-0.2, 0) is 6.54 Å². The Bertz CT molecular complexity index is 567.